The zero-order valence-electron chi connectivity index (χ0n) is 15.5. The van der Waals surface area contributed by atoms with E-state index in [1.807, 2.05) is 0 Å². The zero-order valence-corrected chi connectivity index (χ0v) is 17.1. The molecule has 1 aromatic carbocycles. The van der Waals surface area contributed by atoms with Gasteiger partial charge in [-0.15, -0.1) is 0 Å². The Balaban J connectivity index is 1.32. The first-order valence-corrected chi connectivity index (χ1v) is 10.4. The Bertz CT molecular complexity index is 813. The summed E-state index contributed by atoms with van der Waals surface area (Å²) in [6.07, 6.45) is 7.11. The number of alkyl halides is 1. The summed E-state index contributed by atoms with van der Waals surface area (Å²) in [4.78, 5) is 35.0. The van der Waals surface area contributed by atoms with Crippen molar-refractivity contribution in [3.05, 3.63) is 34.4 Å². The second kappa shape index (κ2) is 7.13. The van der Waals surface area contributed by atoms with Crippen LogP contribution in [0.25, 0.3) is 0 Å². The van der Waals surface area contributed by atoms with Gasteiger partial charge >= 0.3 is 5.97 Å². The Hall–Kier alpha value is -1.96. The summed E-state index contributed by atoms with van der Waals surface area (Å²) in [5.41, 5.74) is -0.117. The molecule has 0 spiro atoms. The number of hydrogen-bond acceptors (Lipinski definition) is 5. The Morgan fingerprint density at radius 1 is 1.21 bits per heavy atom. The van der Waals surface area contributed by atoms with Crippen molar-refractivity contribution in [3.8, 4) is 0 Å². The van der Waals surface area contributed by atoms with E-state index in [0.29, 0.717) is 18.3 Å². The van der Waals surface area contributed by atoms with Crippen LogP contribution in [-0.2, 0) is 14.3 Å². The lowest BCUT2D eigenvalue weighted by Gasteiger charge is -2.60. The number of anilines is 1. The summed E-state index contributed by atoms with van der Waals surface area (Å²) in [5, 5.41) is 13.5. The van der Waals surface area contributed by atoms with Gasteiger partial charge in [0, 0.05) is 10.4 Å². The standard InChI is InChI=1S/C20H23BrN2O5/c21-20-8-13-5-14(9-20)7-19(6-13,12-20)10-18(25)28-11-17(24)22-15-3-1-2-4-16(15)23(26)27/h1-4,13-14H,5-12H2,(H,22,24)/t13-,14-,19?,20?/m1/s1. The van der Waals surface area contributed by atoms with E-state index in [9.17, 15) is 19.7 Å². The average Bonchev–Trinajstić information content (AvgIpc) is 2.57. The topological polar surface area (TPSA) is 98.5 Å². The molecule has 4 saturated carbocycles. The zero-order chi connectivity index (χ0) is 19.9. The lowest BCUT2D eigenvalue weighted by molar-refractivity contribution is -0.383. The van der Waals surface area contributed by atoms with Crippen molar-refractivity contribution in [1.82, 2.24) is 0 Å². The van der Waals surface area contributed by atoms with E-state index >= 15 is 0 Å². The van der Waals surface area contributed by atoms with Gasteiger partial charge in [0.1, 0.15) is 5.69 Å². The van der Waals surface area contributed by atoms with E-state index in [2.05, 4.69) is 21.2 Å². The first-order valence-electron chi connectivity index (χ1n) is 9.64. The number of ether oxygens (including phenoxy) is 1. The minimum absolute atomic E-state index is 0.0145. The van der Waals surface area contributed by atoms with E-state index < -0.39 is 17.4 Å². The van der Waals surface area contributed by atoms with Crippen LogP contribution in [0.2, 0.25) is 0 Å². The quantitative estimate of drug-likeness (QED) is 0.303. The summed E-state index contributed by atoms with van der Waals surface area (Å²) in [6.45, 7) is -0.437. The van der Waals surface area contributed by atoms with Gasteiger partial charge in [-0.1, -0.05) is 28.1 Å². The summed E-state index contributed by atoms with van der Waals surface area (Å²) < 4.78 is 5.38. The first-order chi connectivity index (χ1) is 13.3. The van der Waals surface area contributed by atoms with E-state index in [-0.39, 0.29) is 27.1 Å². The van der Waals surface area contributed by atoms with Gasteiger partial charge in [0.15, 0.2) is 6.61 Å². The van der Waals surface area contributed by atoms with Crippen LogP contribution in [0.5, 0.6) is 0 Å². The number of nitro groups is 1. The second-order valence-corrected chi connectivity index (χ2v) is 10.5. The fraction of sp³-hybridized carbons (Fsp3) is 0.600. The van der Waals surface area contributed by atoms with Crippen molar-refractivity contribution < 1.29 is 19.2 Å². The second-order valence-electron chi connectivity index (χ2n) is 8.77. The number of para-hydroxylation sites is 2. The van der Waals surface area contributed by atoms with Crippen molar-refractivity contribution in [2.45, 2.75) is 49.3 Å². The molecule has 4 fully saturated rings. The molecular formula is C20H23BrN2O5. The summed E-state index contributed by atoms with van der Waals surface area (Å²) >= 11 is 3.93. The molecule has 0 aliphatic heterocycles. The smallest absolute Gasteiger partial charge is 0.306 e. The number of esters is 1. The van der Waals surface area contributed by atoms with Gasteiger partial charge in [0.05, 0.1) is 11.3 Å². The van der Waals surface area contributed by atoms with Crippen molar-refractivity contribution in [2.75, 3.05) is 11.9 Å². The molecule has 0 unspecified atom stereocenters. The predicted octanol–water partition coefficient (Wildman–Crippen LogP) is 4.20. The van der Waals surface area contributed by atoms with Crippen molar-refractivity contribution in [3.63, 3.8) is 0 Å². The van der Waals surface area contributed by atoms with E-state index in [1.165, 1.54) is 37.5 Å². The molecule has 1 aromatic rings. The van der Waals surface area contributed by atoms with E-state index in [1.54, 1.807) is 6.07 Å². The minimum atomic E-state index is -0.579. The number of halogens is 1. The molecule has 28 heavy (non-hydrogen) atoms. The molecule has 1 amide bonds. The molecule has 7 nitrogen and oxygen atoms in total. The molecule has 0 heterocycles. The third kappa shape index (κ3) is 3.92. The number of carbonyl (C=O) groups excluding carboxylic acids is 2. The monoisotopic (exact) mass is 450 g/mol. The highest BCUT2D eigenvalue weighted by Gasteiger charge is 2.57. The SMILES string of the molecule is O=C(COC(=O)CC12C[C@H]3C[C@@H](CC(Br)(C3)C1)C2)Nc1ccccc1[N+](=O)[O-]. The van der Waals surface area contributed by atoms with Gasteiger partial charge in [0.2, 0.25) is 0 Å². The van der Waals surface area contributed by atoms with Gasteiger partial charge in [-0.05, 0) is 61.8 Å². The molecule has 0 aromatic heterocycles. The van der Waals surface area contributed by atoms with Crippen LogP contribution in [0, 0.1) is 27.4 Å². The summed E-state index contributed by atoms with van der Waals surface area (Å²) in [5.74, 6) is 0.409. The van der Waals surface area contributed by atoms with E-state index in [4.69, 9.17) is 4.74 Å². The highest BCUT2D eigenvalue weighted by atomic mass is 79.9. The molecule has 150 valence electrons. The number of nitrogens with zero attached hydrogens (tertiary/aromatic N) is 1. The van der Waals surface area contributed by atoms with Crippen molar-refractivity contribution in [1.29, 1.82) is 0 Å². The molecule has 4 aliphatic rings. The molecule has 8 heteroatoms. The predicted molar refractivity (Wildman–Crippen MR) is 106 cm³/mol. The molecule has 4 aliphatic carbocycles. The number of rotatable bonds is 6. The van der Waals surface area contributed by atoms with Crippen molar-refractivity contribution in [2.24, 2.45) is 17.3 Å². The molecule has 4 bridgehead atoms. The first kappa shape index (κ1) is 19.4. The van der Waals surface area contributed by atoms with Gasteiger partial charge in [0.25, 0.3) is 11.6 Å². The van der Waals surface area contributed by atoms with Gasteiger partial charge in [-0.2, -0.15) is 0 Å². The Labute approximate surface area is 171 Å². The highest BCUT2D eigenvalue weighted by molar-refractivity contribution is 9.10. The molecule has 0 radical (unpaired) electrons. The number of carbonyl (C=O) groups is 2. The minimum Gasteiger partial charge on any atom is -0.456 e. The fourth-order valence-electron chi connectivity index (χ4n) is 5.97. The van der Waals surface area contributed by atoms with Crippen LogP contribution in [0.15, 0.2) is 24.3 Å². The maximum Gasteiger partial charge on any atom is 0.306 e. The molecule has 1 N–H and O–H groups in total. The lowest BCUT2D eigenvalue weighted by atomic mass is 9.49. The number of nitrogens with one attached hydrogen (secondary N) is 1. The summed E-state index contributed by atoms with van der Waals surface area (Å²) in [6, 6.07) is 5.88. The van der Waals surface area contributed by atoms with Crippen LogP contribution in [0.1, 0.15) is 44.9 Å². The van der Waals surface area contributed by atoms with Gasteiger partial charge < -0.3 is 10.1 Å². The Kier molecular flexibility index (Phi) is 4.93. The average molecular weight is 451 g/mol. The molecule has 0 saturated heterocycles. The Morgan fingerprint density at radius 3 is 2.54 bits per heavy atom. The van der Waals surface area contributed by atoms with Gasteiger partial charge in [-0.25, -0.2) is 0 Å². The normalized spacial score (nSPS) is 32.8. The molecule has 5 rings (SSSR count). The lowest BCUT2D eigenvalue weighted by Crippen LogP contribution is -2.53. The maximum absolute atomic E-state index is 12.4. The van der Waals surface area contributed by atoms with Crippen LogP contribution in [0.3, 0.4) is 0 Å². The number of benzene rings is 1. The van der Waals surface area contributed by atoms with Crippen LogP contribution >= 0.6 is 15.9 Å². The number of amides is 1. The molecule has 2 atom stereocenters. The number of hydrogen-bond donors (Lipinski definition) is 1. The fourth-order valence-corrected chi connectivity index (χ4v) is 7.48. The number of nitro benzene ring substituents is 1. The third-order valence-electron chi connectivity index (χ3n) is 6.37. The third-order valence-corrected chi connectivity index (χ3v) is 7.30. The van der Waals surface area contributed by atoms with E-state index in [0.717, 1.165) is 19.3 Å². The Morgan fingerprint density at radius 2 is 1.89 bits per heavy atom. The summed E-state index contributed by atoms with van der Waals surface area (Å²) in [7, 11) is 0. The van der Waals surface area contributed by atoms with Gasteiger partial charge in [-0.3, -0.25) is 19.7 Å². The molecular weight excluding hydrogens is 428 g/mol. The van der Waals surface area contributed by atoms with Crippen LogP contribution < -0.4 is 5.32 Å². The maximum atomic E-state index is 12.4. The van der Waals surface area contributed by atoms with Crippen LogP contribution in [-0.4, -0.2) is 27.7 Å². The van der Waals surface area contributed by atoms with Crippen LogP contribution in [0.4, 0.5) is 11.4 Å². The highest BCUT2D eigenvalue weighted by Crippen LogP contribution is 2.65. The van der Waals surface area contributed by atoms with Crippen molar-refractivity contribution >= 4 is 39.2 Å². The largest absolute Gasteiger partial charge is 0.456 e.